The average molecular weight is 351 g/mol. The van der Waals surface area contributed by atoms with Crippen LogP contribution in [0.4, 0.5) is 5.69 Å². The lowest BCUT2D eigenvalue weighted by Crippen LogP contribution is -2.36. The van der Waals surface area contributed by atoms with Gasteiger partial charge in [0.05, 0.1) is 17.8 Å². The summed E-state index contributed by atoms with van der Waals surface area (Å²) in [6.07, 6.45) is 5.01. The van der Waals surface area contributed by atoms with Gasteiger partial charge in [-0.15, -0.1) is 0 Å². The minimum absolute atomic E-state index is 0.136. The fourth-order valence-corrected chi connectivity index (χ4v) is 3.30. The van der Waals surface area contributed by atoms with Crippen molar-refractivity contribution < 1.29 is 9.53 Å². The number of ether oxygens (including phenoxy) is 1. The molecule has 0 atom stereocenters. The van der Waals surface area contributed by atoms with Gasteiger partial charge in [0, 0.05) is 24.6 Å². The number of fused-ring (bicyclic) bond motifs is 1. The minimum atomic E-state index is -0.326. The van der Waals surface area contributed by atoms with Gasteiger partial charge in [-0.2, -0.15) is 5.26 Å². The summed E-state index contributed by atoms with van der Waals surface area (Å²) in [7, 11) is 1.68. The van der Waals surface area contributed by atoms with E-state index >= 15 is 0 Å². The Morgan fingerprint density at radius 3 is 2.85 bits per heavy atom. The highest BCUT2D eigenvalue weighted by Crippen LogP contribution is 2.34. The Hall–Kier alpha value is -3.07. The van der Waals surface area contributed by atoms with Gasteiger partial charge in [-0.1, -0.05) is 24.3 Å². The van der Waals surface area contributed by atoms with Crippen LogP contribution < -0.4 is 10.9 Å². The Morgan fingerprint density at radius 1 is 1.42 bits per heavy atom. The molecule has 0 bridgehead atoms. The Kier molecular flexibility index (Phi) is 5.08. The van der Waals surface area contributed by atoms with Gasteiger partial charge in [-0.3, -0.25) is 4.79 Å². The van der Waals surface area contributed by atoms with E-state index in [1.807, 2.05) is 36.4 Å². The van der Waals surface area contributed by atoms with Gasteiger partial charge in [0.15, 0.2) is 0 Å². The van der Waals surface area contributed by atoms with E-state index in [0.29, 0.717) is 18.2 Å². The van der Waals surface area contributed by atoms with Gasteiger partial charge in [0.25, 0.3) is 5.56 Å². The average Bonchev–Trinajstić information content (AvgIpc) is 2.61. The maximum absolute atomic E-state index is 12.5. The first-order valence-electron chi connectivity index (χ1n) is 8.68. The number of allylic oxidation sites excluding steroid dienone is 1. The lowest BCUT2D eigenvalue weighted by molar-refractivity contribution is -0.137. The smallest absolute Gasteiger partial charge is 0.330 e. The van der Waals surface area contributed by atoms with Crippen LogP contribution in [0.1, 0.15) is 25.3 Å². The highest BCUT2D eigenvalue weighted by atomic mass is 16.5. The number of hydrogen-bond donors (Lipinski definition) is 1. The van der Waals surface area contributed by atoms with Gasteiger partial charge in [-0.05, 0) is 31.7 Å². The molecular weight excluding hydrogens is 330 g/mol. The Balaban J connectivity index is 1.79. The van der Waals surface area contributed by atoms with E-state index in [2.05, 4.69) is 5.32 Å². The van der Waals surface area contributed by atoms with E-state index in [-0.39, 0.29) is 23.1 Å². The Morgan fingerprint density at radius 2 is 2.15 bits per heavy atom. The third-order valence-electron chi connectivity index (χ3n) is 4.73. The SMILES string of the molecule is CCOC(=O)/C=C/C1CC(Nc2c(C#N)c(=O)n(C)c3ccccc23)C1. The van der Waals surface area contributed by atoms with Crippen molar-refractivity contribution in [1.29, 1.82) is 5.26 Å². The van der Waals surface area contributed by atoms with Gasteiger partial charge < -0.3 is 14.6 Å². The number of benzene rings is 1. The molecule has 0 aliphatic heterocycles. The summed E-state index contributed by atoms with van der Waals surface area (Å²) in [6.45, 7) is 2.14. The molecule has 1 aromatic heterocycles. The van der Waals surface area contributed by atoms with Crippen LogP contribution in [0.25, 0.3) is 10.9 Å². The Bertz CT molecular complexity index is 963. The van der Waals surface area contributed by atoms with Crippen LogP contribution in [-0.2, 0) is 16.6 Å². The number of esters is 1. The van der Waals surface area contributed by atoms with Crippen molar-refractivity contribution in [3.63, 3.8) is 0 Å². The minimum Gasteiger partial charge on any atom is -0.463 e. The molecule has 1 saturated carbocycles. The number of nitriles is 1. The molecule has 1 aliphatic rings. The molecule has 1 aliphatic carbocycles. The molecule has 3 rings (SSSR count). The van der Waals surface area contributed by atoms with E-state index in [9.17, 15) is 14.9 Å². The summed E-state index contributed by atoms with van der Waals surface area (Å²) in [5, 5.41) is 13.7. The Labute approximate surface area is 151 Å². The predicted octanol–water partition coefficient (Wildman–Crippen LogP) is 2.72. The number of para-hydroxylation sites is 1. The van der Waals surface area contributed by atoms with E-state index < -0.39 is 0 Å². The van der Waals surface area contributed by atoms with E-state index in [0.717, 1.165) is 23.7 Å². The van der Waals surface area contributed by atoms with Crippen LogP contribution in [0.15, 0.2) is 41.2 Å². The van der Waals surface area contributed by atoms with Crippen LogP contribution >= 0.6 is 0 Å². The number of rotatable bonds is 5. The standard InChI is InChI=1S/C20H21N3O3/c1-3-26-18(24)9-8-13-10-14(11-13)22-19-15-6-4-5-7-17(15)23(2)20(25)16(19)12-21/h4-9,13-14,22H,3,10-11H2,1-2H3/b9-8+. The summed E-state index contributed by atoms with van der Waals surface area (Å²) in [5.74, 6) is -0.0338. The molecule has 0 saturated heterocycles. The summed E-state index contributed by atoms with van der Waals surface area (Å²) >= 11 is 0. The van der Waals surface area contributed by atoms with Crippen LogP contribution in [-0.4, -0.2) is 23.2 Å². The highest BCUT2D eigenvalue weighted by Gasteiger charge is 2.29. The number of aryl methyl sites for hydroxylation is 1. The molecule has 1 N–H and O–H groups in total. The topological polar surface area (TPSA) is 84.1 Å². The second-order valence-corrected chi connectivity index (χ2v) is 6.43. The molecule has 134 valence electrons. The number of carbonyl (C=O) groups is 1. The number of carbonyl (C=O) groups excluding carboxylic acids is 1. The summed E-state index contributed by atoms with van der Waals surface area (Å²) in [4.78, 5) is 23.8. The number of aromatic nitrogens is 1. The zero-order valence-corrected chi connectivity index (χ0v) is 14.9. The largest absolute Gasteiger partial charge is 0.463 e. The van der Waals surface area contributed by atoms with Crippen LogP contribution in [0.3, 0.4) is 0 Å². The first-order valence-corrected chi connectivity index (χ1v) is 8.68. The molecular formula is C20H21N3O3. The number of hydrogen-bond acceptors (Lipinski definition) is 5. The lowest BCUT2D eigenvalue weighted by atomic mass is 9.79. The van der Waals surface area contributed by atoms with Gasteiger partial charge in [-0.25, -0.2) is 4.79 Å². The fraction of sp³-hybridized carbons (Fsp3) is 0.350. The van der Waals surface area contributed by atoms with Crippen molar-refractivity contribution >= 4 is 22.6 Å². The molecule has 0 unspecified atom stereocenters. The number of nitrogens with one attached hydrogen (secondary N) is 1. The van der Waals surface area contributed by atoms with Crippen molar-refractivity contribution in [2.75, 3.05) is 11.9 Å². The van der Waals surface area contributed by atoms with Gasteiger partial charge >= 0.3 is 5.97 Å². The zero-order valence-electron chi connectivity index (χ0n) is 14.9. The third-order valence-corrected chi connectivity index (χ3v) is 4.73. The molecule has 1 fully saturated rings. The van der Waals surface area contributed by atoms with E-state index in [1.165, 1.54) is 10.6 Å². The molecule has 6 heteroatoms. The highest BCUT2D eigenvalue weighted by molar-refractivity contribution is 5.94. The summed E-state index contributed by atoms with van der Waals surface area (Å²) < 4.78 is 6.38. The summed E-state index contributed by atoms with van der Waals surface area (Å²) in [5.41, 5.74) is 1.23. The third kappa shape index (κ3) is 3.33. The normalized spacial score (nSPS) is 19.1. The molecule has 2 aromatic rings. The lowest BCUT2D eigenvalue weighted by Gasteiger charge is -2.35. The second kappa shape index (κ2) is 7.44. The molecule has 0 radical (unpaired) electrons. The number of pyridine rings is 1. The van der Waals surface area contributed by atoms with Crippen molar-refractivity contribution in [3.8, 4) is 6.07 Å². The molecule has 0 amide bonds. The van der Waals surface area contributed by atoms with E-state index in [4.69, 9.17) is 4.74 Å². The van der Waals surface area contributed by atoms with Crippen molar-refractivity contribution in [2.24, 2.45) is 13.0 Å². The molecule has 6 nitrogen and oxygen atoms in total. The second-order valence-electron chi connectivity index (χ2n) is 6.43. The first-order chi connectivity index (χ1) is 12.5. The van der Waals surface area contributed by atoms with Crippen LogP contribution in [0.2, 0.25) is 0 Å². The van der Waals surface area contributed by atoms with Crippen molar-refractivity contribution in [3.05, 3.63) is 52.3 Å². The van der Waals surface area contributed by atoms with E-state index in [1.54, 1.807) is 14.0 Å². The van der Waals surface area contributed by atoms with Gasteiger partial charge in [0.1, 0.15) is 11.6 Å². The number of nitrogens with zero attached hydrogens (tertiary/aromatic N) is 2. The maximum Gasteiger partial charge on any atom is 0.330 e. The summed E-state index contributed by atoms with van der Waals surface area (Å²) in [6, 6.07) is 9.75. The van der Waals surface area contributed by atoms with Crippen LogP contribution in [0.5, 0.6) is 0 Å². The van der Waals surface area contributed by atoms with Crippen molar-refractivity contribution in [2.45, 2.75) is 25.8 Å². The molecule has 1 heterocycles. The fourth-order valence-electron chi connectivity index (χ4n) is 3.30. The zero-order chi connectivity index (χ0) is 18.7. The quantitative estimate of drug-likeness (QED) is 0.661. The molecule has 26 heavy (non-hydrogen) atoms. The number of anilines is 1. The van der Waals surface area contributed by atoms with Gasteiger partial charge in [0.2, 0.25) is 0 Å². The maximum atomic E-state index is 12.5. The van der Waals surface area contributed by atoms with Crippen LogP contribution in [0, 0.1) is 17.2 Å². The first kappa shape index (κ1) is 17.7. The molecule has 1 aromatic carbocycles. The predicted molar refractivity (Wildman–Crippen MR) is 99.8 cm³/mol. The monoisotopic (exact) mass is 351 g/mol. The van der Waals surface area contributed by atoms with Crippen molar-refractivity contribution in [1.82, 2.24) is 4.57 Å². The molecule has 0 spiro atoms.